The first kappa shape index (κ1) is 20.8. The molecule has 0 aliphatic carbocycles. The Labute approximate surface area is 178 Å². The van der Waals surface area contributed by atoms with E-state index < -0.39 is 10.0 Å². The molecule has 3 heterocycles. The monoisotopic (exact) mass is 424 g/mol. The highest BCUT2D eigenvalue weighted by Crippen LogP contribution is 2.32. The van der Waals surface area contributed by atoms with Crippen molar-refractivity contribution in [2.45, 2.75) is 39.2 Å². The zero-order valence-corrected chi connectivity index (χ0v) is 18.3. The van der Waals surface area contributed by atoms with E-state index in [2.05, 4.69) is 40.4 Å². The average molecular weight is 425 g/mol. The Morgan fingerprint density at radius 3 is 2.60 bits per heavy atom. The third kappa shape index (κ3) is 4.32. The van der Waals surface area contributed by atoms with Crippen LogP contribution in [0.4, 0.5) is 5.69 Å². The van der Waals surface area contributed by atoms with Crippen LogP contribution < -0.4 is 5.32 Å². The molecule has 1 aromatic carbocycles. The highest BCUT2D eigenvalue weighted by Gasteiger charge is 2.26. The second-order valence-corrected chi connectivity index (χ2v) is 9.99. The molecule has 1 N–H and O–H groups in total. The number of aromatic nitrogens is 2. The van der Waals surface area contributed by atoms with Crippen molar-refractivity contribution in [3.8, 4) is 11.1 Å². The number of rotatable bonds is 6. The van der Waals surface area contributed by atoms with Crippen LogP contribution in [0.5, 0.6) is 0 Å². The smallest absolute Gasteiger partial charge is 0.213 e. The molecule has 1 fully saturated rings. The van der Waals surface area contributed by atoms with Gasteiger partial charge in [-0.15, -0.1) is 0 Å². The number of fused-ring (bicyclic) bond motifs is 1. The maximum atomic E-state index is 12.1. The Morgan fingerprint density at radius 1 is 1.07 bits per heavy atom. The Bertz CT molecular complexity index is 1140. The molecule has 1 aliphatic heterocycles. The fourth-order valence-electron chi connectivity index (χ4n) is 4.02. The van der Waals surface area contributed by atoms with Crippen molar-refractivity contribution in [3.63, 3.8) is 0 Å². The van der Waals surface area contributed by atoms with Gasteiger partial charge in [-0.05, 0) is 73.0 Å². The van der Waals surface area contributed by atoms with Crippen molar-refractivity contribution < 1.29 is 8.42 Å². The Hall–Kier alpha value is -2.51. The summed E-state index contributed by atoms with van der Waals surface area (Å²) in [5.74, 6) is 0.162. The van der Waals surface area contributed by atoms with Crippen molar-refractivity contribution in [1.29, 1.82) is 0 Å². The zero-order chi connectivity index (χ0) is 21.1. The van der Waals surface area contributed by atoms with E-state index in [1.165, 1.54) is 0 Å². The number of sulfonamides is 1. The van der Waals surface area contributed by atoms with Gasteiger partial charge in [-0.2, -0.15) is 0 Å². The normalized spacial score (nSPS) is 16.1. The van der Waals surface area contributed by atoms with Crippen LogP contribution in [0.1, 0.15) is 32.4 Å². The predicted octanol–water partition coefficient (Wildman–Crippen LogP) is 4.09. The van der Waals surface area contributed by atoms with Crippen LogP contribution in [-0.4, -0.2) is 47.6 Å². The number of anilines is 1. The van der Waals surface area contributed by atoms with Crippen LogP contribution in [0.25, 0.3) is 21.9 Å². The molecule has 0 unspecified atom stereocenters. The third-order valence-electron chi connectivity index (χ3n) is 5.84. The fraction of sp³-hybridized carbons (Fsp3) is 0.391. The molecule has 0 atom stereocenters. The van der Waals surface area contributed by atoms with E-state index in [1.54, 1.807) is 11.2 Å². The van der Waals surface area contributed by atoms with Crippen LogP contribution >= 0.6 is 0 Å². The summed E-state index contributed by atoms with van der Waals surface area (Å²) in [5, 5.41) is 5.88. The molecule has 7 heteroatoms. The van der Waals surface area contributed by atoms with E-state index in [1.807, 2.05) is 30.7 Å². The number of nitrogens with one attached hydrogen (secondary N) is 1. The van der Waals surface area contributed by atoms with Gasteiger partial charge in [-0.25, -0.2) is 12.7 Å². The highest BCUT2D eigenvalue weighted by molar-refractivity contribution is 7.89. The van der Waals surface area contributed by atoms with Crippen LogP contribution in [0.3, 0.4) is 0 Å². The van der Waals surface area contributed by atoms with Gasteiger partial charge in [0.15, 0.2) is 0 Å². The summed E-state index contributed by atoms with van der Waals surface area (Å²) in [6.07, 6.45) is 8.05. The minimum atomic E-state index is -3.11. The van der Waals surface area contributed by atoms with Crippen molar-refractivity contribution in [1.82, 2.24) is 14.3 Å². The van der Waals surface area contributed by atoms with E-state index in [0.29, 0.717) is 13.1 Å². The average Bonchev–Trinajstić information content (AvgIpc) is 2.79. The second kappa shape index (κ2) is 8.70. The van der Waals surface area contributed by atoms with E-state index >= 15 is 0 Å². The predicted molar refractivity (Wildman–Crippen MR) is 122 cm³/mol. The molecular formula is C23H28N4O2S. The van der Waals surface area contributed by atoms with Gasteiger partial charge in [0.05, 0.1) is 5.75 Å². The van der Waals surface area contributed by atoms with Gasteiger partial charge in [-0.1, -0.05) is 6.92 Å². The zero-order valence-electron chi connectivity index (χ0n) is 17.5. The third-order valence-corrected chi connectivity index (χ3v) is 7.72. The molecule has 30 heavy (non-hydrogen) atoms. The van der Waals surface area contributed by atoms with E-state index in [4.69, 9.17) is 0 Å². The van der Waals surface area contributed by atoms with Crippen molar-refractivity contribution in [2.24, 2.45) is 0 Å². The molecule has 3 aromatic rings. The summed E-state index contributed by atoms with van der Waals surface area (Å²) >= 11 is 0. The lowest BCUT2D eigenvalue weighted by atomic mass is 9.99. The van der Waals surface area contributed by atoms with Crippen LogP contribution in [-0.2, 0) is 16.4 Å². The number of hydrogen-bond donors (Lipinski definition) is 1. The lowest BCUT2D eigenvalue weighted by Crippen LogP contribution is -2.42. The van der Waals surface area contributed by atoms with E-state index in [-0.39, 0.29) is 11.8 Å². The first-order valence-electron chi connectivity index (χ1n) is 10.6. The minimum absolute atomic E-state index is 0.162. The number of piperidine rings is 1. The van der Waals surface area contributed by atoms with Gasteiger partial charge in [-0.3, -0.25) is 9.97 Å². The quantitative estimate of drug-likeness (QED) is 0.645. The molecule has 6 nitrogen and oxygen atoms in total. The first-order chi connectivity index (χ1) is 14.5. The summed E-state index contributed by atoms with van der Waals surface area (Å²) in [6.45, 7) is 4.94. The van der Waals surface area contributed by atoms with Gasteiger partial charge >= 0.3 is 0 Å². The largest absolute Gasteiger partial charge is 0.382 e. The molecule has 0 spiro atoms. The molecule has 0 radical (unpaired) electrons. The minimum Gasteiger partial charge on any atom is -0.382 e. The summed E-state index contributed by atoms with van der Waals surface area (Å²) in [7, 11) is -3.11. The summed E-state index contributed by atoms with van der Waals surface area (Å²) < 4.78 is 25.9. The van der Waals surface area contributed by atoms with Gasteiger partial charge < -0.3 is 5.32 Å². The Balaban J connectivity index is 1.62. The molecule has 0 bridgehead atoms. The van der Waals surface area contributed by atoms with Crippen molar-refractivity contribution >= 4 is 26.5 Å². The van der Waals surface area contributed by atoms with Gasteiger partial charge in [0.1, 0.15) is 0 Å². The van der Waals surface area contributed by atoms with Gasteiger partial charge in [0.2, 0.25) is 10.0 Å². The Morgan fingerprint density at radius 2 is 1.87 bits per heavy atom. The molecule has 1 aliphatic rings. The highest BCUT2D eigenvalue weighted by atomic mass is 32.2. The van der Waals surface area contributed by atoms with Gasteiger partial charge in [0.25, 0.3) is 0 Å². The number of hydrogen-bond acceptors (Lipinski definition) is 5. The number of pyridine rings is 2. The lowest BCUT2D eigenvalue weighted by molar-refractivity contribution is 0.330. The first-order valence-corrected chi connectivity index (χ1v) is 12.2. The molecule has 158 valence electrons. The maximum Gasteiger partial charge on any atom is 0.213 e. The maximum absolute atomic E-state index is 12.1. The van der Waals surface area contributed by atoms with Crippen LogP contribution in [0.15, 0.2) is 48.9 Å². The number of aryl methyl sites for hydroxylation is 1. The van der Waals surface area contributed by atoms with Crippen molar-refractivity contribution in [2.75, 3.05) is 24.2 Å². The number of nitrogens with zero attached hydrogens (tertiary/aromatic N) is 3. The summed E-state index contributed by atoms with van der Waals surface area (Å²) in [5.41, 5.74) is 4.40. The summed E-state index contributed by atoms with van der Waals surface area (Å²) in [6, 6.07) is 10.8. The second-order valence-electron chi connectivity index (χ2n) is 7.73. The SMILES string of the molecule is CCc1cc(-c2cc(NC3CCN(S(=O)(=O)CC)CC3)c3cnccc3c2)ccn1. The molecule has 2 aromatic heterocycles. The standard InChI is InChI=1S/C23H28N4O2S/c1-3-20-14-17(6-10-25-20)19-13-18-5-9-24-16-22(18)23(15-19)26-21-7-11-27(12-8-21)30(28,29)4-2/h5-6,9-10,13-16,21,26H,3-4,7-8,11-12H2,1-2H3. The molecule has 4 rings (SSSR count). The van der Waals surface area contributed by atoms with Crippen LogP contribution in [0, 0.1) is 0 Å². The fourth-order valence-corrected chi connectivity index (χ4v) is 5.15. The van der Waals surface area contributed by atoms with Crippen molar-refractivity contribution in [3.05, 3.63) is 54.6 Å². The van der Waals surface area contributed by atoms with Crippen LogP contribution in [0.2, 0.25) is 0 Å². The number of benzene rings is 1. The molecule has 0 amide bonds. The Kier molecular flexibility index (Phi) is 6.01. The summed E-state index contributed by atoms with van der Waals surface area (Å²) in [4.78, 5) is 8.73. The molecular weight excluding hydrogens is 396 g/mol. The molecule has 1 saturated heterocycles. The van der Waals surface area contributed by atoms with Gasteiger partial charge in [0, 0.05) is 54.5 Å². The van der Waals surface area contributed by atoms with E-state index in [0.717, 1.165) is 52.5 Å². The molecule has 0 saturated carbocycles. The topological polar surface area (TPSA) is 75.2 Å². The van der Waals surface area contributed by atoms with E-state index in [9.17, 15) is 8.42 Å². The lowest BCUT2D eigenvalue weighted by Gasteiger charge is -2.32.